The van der Waals surface area contributed by atoms with Gasteiger partial charge in [-0.1, -0.05) is 13.3 Å². The molecule has 0 unspecified atom stereocenters. The van der Waals surface area contributed by atoms with Crippen molar-refractivity contribution in [3.05, 3.63) is 29.8 Å². The second-order valence-corrected chi connectivity index (χ2v) is 8.14. The molecule has 3 aliphatic rings. The number of carbonyl (C=O) groups is 4. The number of amides is 1. The summed E-state index contributed by atoms with van der Waals surface area (Å²) in [7, 11) is 0. The van der Waals surface area contributed by atoms with Crippen LogP contribution in [-0.4, -0.2) is 43.1 Å². The molecule has 1 amide bonds. The maximum atomic E-state index is 12.5. The van der Waals surface area contributed by atoms with Crippen molar-refractivity contribution >= 4 is 29.5 Å². The Morgan fingerprint density at radius 3 is 2.63 bits per heavy atom. The number of ether oxygens (including phenoxy) is 3. The average Bonchev–Trinajstić information content (AvgIpc) is 3.35. The molecule has 3 fully saturated rings. The first-order valence-corrected chi connectivity index (χ1v) is 10.4. The zero-order valence-corrected chi connectivity index (χ0v) is 16.8. The van der Waals surface area contributed by atoms with Gasteiger partial charge in [-0.25, -0.2) is 4.79 Å². The number of benzene rings is 1. The lowest BCUT2D eigenvalue weighted by atomic mass is 9.80. The Balaban J connectivity index is 1.25. The van der Waals surface area contributed by atoms with Crippen LogP contribution in [0.2, 0.25) is 0 Å². The van der Waals surface area contributed by atoms with E-state index < -0.39 is 36.3 Å². The van der Waals surface area contributed by atoms with E-state index in [0.29, 0.717) is 24.3 Å². The first kappa shape index (κ1) is 20.4. The lowest BCUT2D eigenvalue weighted by molar-refractivity contribution is -0.157. The Hall–Kier alpha value is -2.90. The number of anilines is 1. The lowest BCUT2D eigenvalue weighted by Crippen LogP contribution is -2.34. The molecule has 160 valence electrons. The van der Waals surface area contributed by atoms with Crippen molar-refractivity contribution in [1.29, 1.82) is 0 Å². The molecule has 2 bridgehead atoms. The van der Waals surface area contributed by atoms with Gasteiger partial charge in [0.05, 0.1) is 24.0 Å². The highest BCUT2D eigenvalue weighted by Gasteiger charge is 2.64. The fraction of sp³-hybridized carbons (Fsp3) is 0.545. The summed E-state index contributed by atoms with van der Waals surface area (Å²) < 4.78 is 15.7. The summed E-state index contributed by atoms with van der Waals surface area (Å²) in [6.45, 7) is 1.96. The molecule has 4 rings (SSSR count). The zero-order valence-electron chi connectivity index (χ0n) is 16.8. The van der Waals surface area contributed by atoms with Crippen molar-refractivity contribution in [1.82, 2.24) is 0 Å². The summed E-state index contributed by atoms with van der Waals surface area (Å²) in [6, 6.07) is 6.29. The molecule has 2 saturated carbocycles. The second-order valence-electron chi connectivity index (χ2n) is 8.14. The van der Waals surface area contributed by atoms with Gasteiger partial charge in [0, 0.05) is 11.6 Å². The Labute approximate surface area is 174 Å². The number of unbranched alkanes of at least 4 members (excludes halogenated alkanes) is 1. The molecule has 1 aromatic rings. The number of hydrogen-bond donors (Lipinski definition) is 1. The Bertz CT molecular complexity index is 848. The molecule has 8 heteroatoms. The van der Waals surface area contributed by atoms with Gasteiger partial charge in [0.1, 0.15) is 6.10 Å². The number of esters is 3. The van der Waals surface area contributed by atoms with Crippen LogP contribution in [0, 0.1) is 23.7 Å². The third-order valence-corrected chi connectivity index (χ3v) is 6.24. The highest BCUT2D eigenvalue weighted by atomic mass is 16.6. The van der Waals surface area contributed by atoms with Crippen molar-refractivity contribution in [2.45, 2.75) is 38.7 Å². The van der Waals surface area contributed by atoms with Crippen LogP contribution in [0.1, 0.15) is 43.0 Å². The average molecular weight is 415 g/mol. The van der Waals surface area contributed by atoms with Crippen molar-refractivity contribution in [3.63, 3.8) is 0 Å². The van der Waals surface area contributed by atoms with E-state index >= 15 is 0 Å². The third kappa shape index (κ3) is 3.91. The molecule has 0 aromatic heterocycles. The molecule has 8 nitrogen and oxygen atoms in total. The third-order valence-electron chi connectivity index (χ3n) is 6.24. The van der Waals surface area contributed by atoms with E-state index in [2.05, 4.69) is 5.32 Å². The monoisotopic (exact) mass is 415 g/mol. The first-order valence-electron chi connectivity index (χ1n) is 10.4. The van der Waals surface area contributed by atoms with Crippen molar-refractivity contribution < 1.29 is 33.4 Å². The van der Waals surface area contributed by atoms with E-state index in [4.69, 9.17) is 14.2 Å². The predicted molar refractivity (Wildman–Crippen MR) is 104 cm³/mol. The largest absolute Gasteiger partial charge is 0.462 e. The standard InChI is InChI=1S/C22H25NO7/c1-2-3-8-28-20(25)12-4-6-14(7-5-12)23-17(24)11-29-21(26)18-13-9-15-16(10-13)30-22(27)19(15)18/h4-7,13,15-16,18-19H,2-3,8-11H2,1H3,(H,23,24)/t13-,15+,16+,18-,19+/m1/s1. The van der Waals surface area contributed by atoms with Crippen LogP contribution < -0.4 is 5.32 Å². The highest BCUT2D eigenvalue weighted by Crippen LogP contribution is 2.57. The molecule has 1 aromatic carbocycles. The number of hydrogen-bond acceptors (Lipinski definition) is 7. The van der Waals surface area contributed by atoms with Crippen LogP contribution in [0.5, 0.6) is 0 Å². The van der Waals surface area contributed by atoms with E-state index in [1.807, 2.05) is 6.92 Å². The summed E-state index contributed by atoms with van der Waals surface area (Å²) in [5.74, 6) is -2.45. The molecule has 5 atom stereocenters. The Kier molecular flexibility index (Phi) is 5.74. The lowest BCUT2D eigenvalue weighted by Gasteiger charge is -2.22. The summed E-state index contributed by atoms with van der Waals surface area (Å²) in [6.07, 6.45) is 3.21. The number of nitrogens with one attached hydrogen (secondary N) is 1. The van der Waals surface area contributed by atoms with Crippen LogP contribution in [-0.2, 0) is 28.6 Å². The Morgan fingerprint density at radius 2 is 1.90 bits per heavy atom. The van der Waals surface area contributed by atoms with Crippen molar-refractivity contribution in [3.8, 4) is 0 Å². The van der Waals surface area contributed by atoms with Gasteiger partial charge < -0.3 is 19.5 Å². The SMILES string of the molecule is CCCCOC(=O)c1ccc(NC(=O)COC(=O)[C@@H]2[C@@H]3C[C@@H]4[C@@H]2C(=O)O[C@H]4C3)cc1. The molecule has 1 saturated heterocycles. The number of rotatable bonds is 8. The summed E-state index contributed by atoms with van der Waals surface area (Å²) in [5, 5.41) is 2.62. The first-order chi connectivity index (χ1) is 14.5. The fourth-order valence-corrected chi connectivity index (χ4v) is 4.84. The van der Waals surface area contributed by atoms with Gasteiger partial charge in [-0.15, -0.1) is 0 Å². The van der Waals surface area contributed by atoms with Crippen LogP contribution >= 0.6 is 0 Å². The number of carbonyl (C=O) groups excluding carboxylic acids is 4. The van der Waals surface area contributed by atoms with Gasteiger partial charge in [0.2, 0.25) is 0 Å². The smallest absolute Gasteiger partial charge is 0.338 e. The molecule has 0 radical (unpaired) electrons. The quantitative estimate of drug-likeness (QED) is 0.394. The summed E-state index contributed by atoms with van der Waals surface area (Å²) in [4.78, 5) is 48.5. The maximum Gasteiger partial charge on any atom is 0.338 e. The molecular weight excluding hydrogens is 390 g/mol. The molecule has 0 spiro atoms. The van der Waals surface area contributed by atoms with E-state index in [0.717, 1.165) is 19.3 Å². The van der Waals surface area contributed by atoms with Crippen LogP contribution in [0.25, 0.3) is 0 Å². The summed E-state index contributed by atoms with van der Waals surface area (Å²) >= 11 is 0. The molecular formula is C22H25NO7. The topological polar surface area (TPSA) is 108 Å². The Morgan fingerprint density at radius 1 is 1.13 bits per heavy atom. The molecule has 1 heterocycles. The van der Waals surface area contributed by atoms with Crippen LogP contribution in [0.4, 0.5) is 5.69 Å². The van der Waals surface area contributed by atoms with Crippen molar-refractivity contribution in [2.24, 2.45) is 23.7 Å². The predicted octanol–water partition coefficient (Wildman–Crippen LogP) is 2.32. The zero-order chi connectivity index (χ0) is 21.3. The maximum absolute atomic E-state index is 12.5. The van der Waals surface area contributed by atoms with Crippen LogP contribution in [0.15, 0.2) is 24.3 Å². The summed E-state index contributed by atoms with van der Waals surface area (Å²) in [5.41, 5.74) is 0.872. The highest BCUT2D eigenvalue weighted by molar-refractivity contribution is 5.95. The van der Waals surface area contributed by atoms with Gasteiger partial charge in [-0.2, -0.15) is 0 Å². The normalized spacial score (nSPS) is 28.2. The second kappa shape index (κ2) is 8.45. The van der Waals surface area contributed by atoms with Crippen LogP contribution in [0.3, 0.4) is 0 Å². The van der Waals surface area contributed by atoms with Gasteiger partial charge in [0.25, 0.3) is 5.91 Å². The molecule has 2 aliphatic carbocycles. The van der Waals surface area contributed by atoms with Gasteiger partial charge in [-0.05, 0) is 49.4 Å². The van der Waals surface area contributed by atoms with E-state index in [1.54, 1.807) is 24.3 Å². The van der Waals surface area contributed by atoms with E-state index in [9.17, 15) is 19.2 Å². The minimum Gasteiger partial charge on any atom is -0.462 e. The fourth-order valence-electron chi connectivity index (χ4n) is 4.84. The minimum absolute atomic E-state index is 0.0493. The molecule has 1 aliphatic heterocycles. The van der Waals surface area contributed by atoms with E-state index in [-0.39, 0.29) is 23.9 Å². The van der Waals surface area contributed by atoms with Gasteiger partial charge in [0.15, 0.2) is 6.61 Å². The van der Waals surface area contributed by atoms with Gasteiger partial charge in [-0.3, -0.25) is 14.4 Å². The minimum atomic E-state index is -0.509. The van der Waals surface area contributed by atoms with E-state index in [1.165, 1.54) is 0 Å². The number of fused-ring (bicyclic) bond motifs is 1. The molecule has 30 heavy (non-hydrogen) atoms. The van der Waals surface area contributed by atoms with Crippen molar-refractivity contribution in [2.75, 3.05) is 18.5 Å². The van der Waals surface area contributed by atoms with Gasteiger partial charge >= 0.3 is 17.9 Å². The molecule has 1 N–H and O–H groups in total.